The first-order valence-electron chi connectivity index (χ1n) is 10.9. The van der Waals surface area contributed by atoms with Crippen LogP contribution in [0, 0.1) is 6.92 Å². The van der Waals surface area contributed by atoms with Crippen LogP contribution < -0.4 is 10.9 Å². The molecule has 0 saturated heterocycles. The van der Waals surface area contributed by atoms with E-state index >= 15 is 0 Å². The lowest BCUT2D eigenvalue weighted by Gasteiger charge is -2.12. The molecule has 5 aromatic rings. The average molecular weight is 486 g/mol. The number of rotatable bonds is 5. The highest BCUT2D eigenvalue weighted by atomic mass is 35.5. The third kappa shape index (κ3) is 4.31. The number of fused-ring (bicyclic) bond motifs is 3. The molecule has 0 aliphatic rings. The Hall–Kier alpha value is -4.30. The van der Waals surface area contributed by atoms with Crippen LogP contribution in [0.25, 0.3) is 16.7 Å². The van der Waals surface area contributed by atoms with Crippen molar-refractivity contribution in [3.63, 3.8) is 0 Å². The van der Waals surface area contributed by atoms with Gasteiger partial charge in [0.2, 0.25) is 11.5 Å². The van der Waals surface area contributed by atoms with Gasteiger partial charge in [0, 0.05) is 16.3 Å². The zero-order valence-electron chi connectivity index (χ0n) is 18.9. The van der Waals surface area contributed by atoms with Crippen LogP contribution in [0.3, 0.4) is 0 Å². The van der Waals surface area contributed by atoms with Crippen molar-refractivity contribution in [1.29, 1.82) is 0 Å². The fourth-order valence-corrected chi connectivity index (χ4v) is 4.03. The van der Waals surface area contributed by atoms with Crippen LogP contribution in [-0.2, 0) is 6.54 Å². The average Bonchev–Trinajstić information content (AvgIpc) is 3.29. The van der Waals surface area contributed by atoms with Crippen molar-refractivity contribution < 1.29 is 9.59 Å². The van der Waals surface area contributed by atoms with Gasteiger partial charge in [-0.15, -0.1) is 5.10 Å². The fourth-order valence-electron chi connectivity index (χ4n) is 3.91. The molecule has 0 fully saturated rings. The quantitative estimate of drug-likeness (QED) is 0.369. The molecule has 0 radical (unpaired) electrons. The number of hydrogen-bond acceptors (Lipinski definition) is 5. The largest absolute Gasteiger partial charge is 0.319 e. The van der Waals surface area contributed by atoms with Crippen LogP contribution >= 0.6 is 11.6 Å². The highest BCUT2D eigenvalue weighted by Gasteiger charge is 2.20. The summed E-state index contributed by atoms with van der Waals surface area (Å²) in [6.45, 7) is 3.70. The molecule has 0 unspecified atom stereocenters. The van der Waals surface area contributed by atoms with Gasteiger partial charge in [0.1, 0.15) is 0 Å². The first-order chi connectivity index (χ1) is 16.8. The number of carbonyl (C=O) groups is 2. The first kappa shape index (κ1) is 22.5. The Morgan fingerprint density at radius 2 is 1.77 bits per heavy atom. The molecule has 0 bridgehead atoms. The first-order valence-corrected chi connectivity index (χ1v) is 11.2. The molecule has 8 nitrogen and oxygen atoms in total. The maximum Gasteiger partial charge on any atom is 0.296 e. The lowest BCUT2D eigenvalue weighted by Crippen LogP contribution is -2.24. The highest BCUT2D eigenvalue weighted by Crippen LogP contribution is 2.19. The molecule has 1 amide bonds. The van der Waals surface area contributed by atoms with Crippen LogP contribution in [0.2, 0.25) is 5.02 Å². The minimum Gasteiger partial charge on any atom is -0.319 e. The number of benzene rings is 3. The summed E-state index contributed by atoms with van der Waals surface area (Å²) in [6, 6.07) is 19.5. The lowest BCUT2D eigenvalue weighted by atomic mass is 10.1. The summed E-state index contributed by atoms with van der Waals surface area (Å²) < 4.78 is 3.02. The van der Waals surface area contributed by atoms with Crippen LogP contribution in [0.1, 0.15) is 39.0 Å². The van der Waals surface area contributed by atoms with E-state index in [4.69, 9.17) is 11.6 Å². The summed E-state index contributed by atoms with van der Waals surface area (Å²) in [5.74, 6) is -0.852. The Bertz CT molecular complexity index is 1690. The van der Waals surface area contributed by atoms with Crippen LogP contribution in [0.5, 0.6) is 0 Å². The number of Topliss-reactive ketones (excluding diaryl/α,β-unsaturated/α-hetero) is 1. The fraction of sp³-hybridized carbons (Fsp3) is 0.115. The van der Waals surface area contributed by atoms with E-state index in [2.05, 4.69) is 15.4 Å². The van der Waals surface area contributed by atoms with Crippen molar-refractivity contribution in [2.45, 2.75) is 20.4 Å². The topological polar surface area (TPSA) is 98.4 Å². The molecule has 0 aliphatic carbocycles. The Morgan fingerprint density at radius 3 is 2.51 bits per heavy atom. The second-order valence-electron chi connectivity index (χ2n) is 8.27. The van der Waals surface area contributed by atoms with Gasteiger partial charge >= 0.3 is 0 Å². The monoisotopic (exact) mass is 485 g/mol. The predicted octanol–water partition coefficient (Wildman–Crippen LogP) is 4.51. The summed E-state index contributed by atoms with van der Waals surface area (Å²) >= 11 is 6.01. The SMILES string of the molecule is CC(=O)c1cccc(NC(=O)c2nc3c(=O)n(Cc4ccc(Cl)cc4)c4cc(C)ccc4n3n2)c1. The molecule has 35 heavy (non-hydrogen) atoms. The van der Waals surface area contributed by atoms with Crippen molar-refractivity contribution in [1.82, 2.24) is 19.2 Å². The third-order valence-electron chi connectivity index (χ3n) is 5.68. The molecule has 9 heteroatoms. The summed E-state index contributed by atoms with van der Waals surface area (Å²) in [7, 11) is 0. The molecule has 2 heterocycles. The summed E-state index contributed by atoms with van der Waals surface area (Å²) in [5.41, 5.74) is 3.75. The van der Waals surface area contributed by atoms with Crippen molar-refractivity contribution in [3.05, 3.63) is 105 Å². The van der Waals surface area contributed by atoms with Gasteiger partial charge < -0.3 is 5.32 Å². The normalized spacial score (nSPS) is 11.2. The lowest BCUT2D eigenvalue weighted by molar-refractivity contribution is 0.100. The number of amides is 1. The standard InChI is InChI=1S/C26H20ClN5O3/c1-15-6-11-21-22(12-15)31(14-17-7-9-19(27)10-8-17)26(35)24-29-23(30-32(21)24)25(34)28-20-5-3-4-18(13-20)16(2)33/h3-13H,14H2,1-2H3,(H,28,34). The number of nitrogens with one attached hydrogen (secondary N) is 1. The molecule has 0 atom stereocenters. The second kappa shape index (κ2) is 8.81. The van der Waals surface area contributed by atoms with Gasteiger partial charge in [-0.1, -0.05) is 41.9 Å². The molecule has 0 aliphatic heterocycles. The molecule has 0 spiro atoms. The van der Waals surface area contributed by atoms with E-state index in [1.54, 1.807) is 41.0 Å². The van der Waals surface area contributed by atoms with Crippen LogP contribution in [-0.4, -0.2) is 30.9 Å². The zero-order chi connectivity index (χ0) is 24.7. The molecular weight excluding hydrogens is 466 g/mol. The summed E-state index contributed by atoms with van der Waals surface area (Å²) in [6.07, 6.45) is 0. The number of halogens is 1. The Morgan fingerprint density at radius 1 is 1.00 bits per heavy atom. The van der Waals surface area contributed by atoms with E-state index < -0.39 is 5.91 Å². The number of ketones is 1. The number of aromatic nitrogens is 4. The highest BCUT2D eigenvalue weighted by molar-refractivity contribution is 6.30. The maximum atomic E-state index is 13.5. The van der Waals surface area contributed by atoms with E-state index in [1.807, 2.05) is 37.3 Å². The van der Waals surface area contributed by atoms with Gasteiger partial charge in [0.05, 0.1) is 17.6 Å². The van der Waals surface area contributed by atoms with Crippen LogP contribution in [0.4, 0.5) is 5.69 Å². The predicted molar refractivity (Wildman–Crippen MR) is 134 cm³/mol. The van der Waals surface area contributed by atoms with Crippen LogP contribution in [0.15, 0.2) is 71.5 Å². The molecule has 1 N–H and O–H groups in total. The Balaban J connectivity index is 1.60. The molecule has 2 aromatic heterocycles. The smallest absolute Gasteiger partial charge is 0.296 e. The summed E-state index contributed by atoms with van der Waals surface area (Å²) in [4.78, 5) is 42.3. The van der Waals surface area contributed by atoms with Crippen molar-refractivity contribution >= 4 is 45.7 Å². The van der Waals surface area contributed by atoms with Gasteiger partial charge in [0.15, 0.2) is 5.78 Å². The van der Waals surface area contributed by atoms with Crippen molar-refractivity contribution in [3.8, 4) is 0 Å². The number of nitrogens with zero attached hydrogens (tertiary/aromatic N) is 4. The van der Waals surface area contributed by atoms with Gasteiger partial charge in [-0.2, -0.15) is 4.98 Å². The molecular formula is C26H20ClN5O3. The number of hydrogen-bond donors (Lipinski definition) is 1. The number of aryl methyl sites for hydroxylation is 1. The van der Waals surface area contributed by atoms with E-state index in [0.717, 1.165) is 11.1 Å². The summed E-state index contributed by atoms with van der Waals surface area (Å²) in [5, 5.41) is 7.65. The van der Waals surface area contributed by atoms with E-state index in [9.17, 15) is 14.4 Å². The van der Waals surface area contributed by atoms with E-state index in [1.165, 1.54) is 11.4 Å². The molecule has 3 aromatic carbocycles. The van der Waals surface area contributed by atoms with Gasteiger partial charge in [-0.3, -0.25) is 19.0 Å². The van der Waals surface area contributed by atoms with Gasteiger partial charge in [-0.05, 0) is 61.4 Å². The van der Waals surface area contributed by atoms with E-state index in [0.29, 0.717) is 33.9 Å². The minimum absolute atomic E-state index is 0.0398. The van der Waals surface area contributed by atoms with Crippen molar-refractivity contribution in [2.24, 2.45) is 0 Å². The Kier molecular flexibility index (Phi) is 5.66. The number of carbonyl (C=O) groups excluding carboxylic acids is 2. The van der Waals surface area contributed by atoms with Gasteiger partial charge in [0.25, 0.3) is 11.5 Å². The minimum atomic E-state index is -0.585. The Labute approximate surface area is 204 Å². The maximum absolute atomic E-state index is 13.5. The van der Waals surface area contributed by atoms with Gasteiger partial charge in [-0.25, -0.2) is 4.52 Å². The van der Waals surface area contributed by atoms with Crippen molar-refractivity contribution in [2.75, 3.05) is 5.32 Å². The molecule has 5 rings (SSSR count). The van der Waals surface area contributed by atoms with E-state index in [-0.39, 0.29) is 22.8 Å². The second-order valence-corrected chi connectivity index (χ2v) is 8.71. The molecule has 0 saturated carbocycles. The zero-order valence-corrected chi connectivity index (χ0v) is 19.7. The molecule has 174 valence electrons. The third-order valence-corrected chi connectivity index (χ3v) is 5.93. The number of anilines is 1.